The topological polar surface area (TPSA) is 48.4 Å². The average molecular weight is 285 g/mol. The minimum atomic E-state index is -5.18. The van der Waals surface area contributed by atoms with Crippen molar-refractivity contribution >= 4 is 5.97 Å². The third-order valence-corrected chi connectivity index (χ3v) is 2.18. The van der Waals surface area contributed by atoms with Gasteiger partial charge >= 0.3 is 12.1 Å². The zero-order valence-corrected chi connectivity index (χ0v) is 9.72. The first-order chi connectivity index (χ1) is 8.73. The molecule has 1 aromatic heterocycles. The van der Waals surface area contributed by atoms with Gasteiger partial charge < -0.3 is 9.47 Å². The highest BCUT2D eigenvalue weighted by molar-refractivity contribution is 5.91. The molecule has 0 bridgehead atoms. The number of aromatic nitrogens is 1. The number of hydrogen-bond donors (Lipinski definition) is 0. The predicted octanol–water partition coefficient (Wildman–Crippen LogP) is 2.83. The second-order valence-electron chi connectivity index (χ2n) is 3.26. The van der Waals surface area contributed by atoms with E-state index in [0.29, 0.717) is 6.20 Å². The van der Waals surface area contributed by atoms with Crippen LogP contribution in [-0.2, 0) is 10.9 Å². The molecule has 1 rings (SSSR count). The monoisotopic (exact) mass is 285 g/mol. The highest BCUT2D eigenvalue weighted by Gasteiger charge is 2.42. The Morgan fingerprint density at radius 1 is 1.32 bits per heavy atom. The van der Waals surface area contributed by atoms with Crippen molar-refractivity contribution < 1.29 is 36.2 Å². The van der Waals surface area contributed by atoms with E-state index < -0.39 is 41.1 Å². The maximum absolute atomic E-state index is 12.9. The van der Waals surface area contributed by atoms with Gasteiger partial charge in [-0.1, -0.05) is 0 Å². The van der Waals surface area contributed by atoms with Gasteiger partial charge in [0.15, 0.2) is 0 Å². The van der Waals surface area contributed by atoms with Crippen LogP contribution >= 0.6 is 0 Å². The number of carbonyl (C=O) groups excluding carboxylic acids is 1. The molecular formula is C10H8F5NO3. The molecule has 0 amide bonds. The van der Waals surface area contributed by atoms with Crippen LogP contribution in [0.15, 0.2) is 6.20 Å². The third-order valence-electron chi connectivity index (χ3n) is 2.18. The van der Waals surface area contributed by atoms with Crippen LogP contribution in [0.4, 0.5) is 22.0 Å². The number of nitrogens with zero attached hydrogens (tertiary/aromatic N) is 1. The lowest BCUT2D eigenvalue weighted by molar-refractivity contribution is -0.140. The van der Waals surface area contributed by atoms with Gasteiger partial charge in [0.05, 0.1) is 30.9 Å². The normalized spacial score (nSPS) is 11.6. The Labute approximate surface area is 104 Å². The summed E-state index contributed by atoms with van der Waals surface area (Å²) in [6.07, 6.45) is -8.20. The Balaban J connectivity index is 3.69. The predicted molar refractivity (Wildman–Crippen MR) is 52.1 cm³/mol. The summed E-state index contributed by atoms with van der Waals surface area (Å²) in [5.74, 6) is -2.31. The standard InChI is InChI=1S/C10H8F5NO3/c1-18-8-5(7(11)12)6(10(13,14)15)4(3-16-8)9(17)19-2/h3,7H,1-2H3. The number of pyridine rings is 1. The lowest BCUT2D eigenvalue weighted by Crippen LogP contribution is -2.19. The summed E-state index contributed by atoms with van der Waals surface area (Å²) in [4.78, 5) is 14.5. The molecule has 0 aromatic carbocycles. The molecule has 0 saturated carbocycles. The zero-order valence-electron chi connectivity index (χ0n) is 9.72. The molecule has 0 saturated heterocycles. The van der Waals surface area contributed by atoms with Crippen LogP contribution in [0, 0.1) is 0 Å². The molecule has 0 fully saturated rings. The van der Waals surface area contributed by atoms with E-state index in [-0.39, 0.29) is 0 Å². The number of rotatable bonds is 3. The highest BCUT2D eigenvalue weighted by atomic mass is 19.4. The van der Waals surface area contributed by atoms with Crippen molar-refractivity contribution in [3.05, 3.63) is 22.9 Å². The molecule has 0 unspecified atom stereocenters. The number of ether oxygens (including phenoxy) is 2. The summed E-state index contributed by atoms with van der Waals surface area (Å²) >= 11 is 0. The average Bonchev–Trinajstić information content (AvgIpc) is 2.34. The molecule has 0 aliphatic heterocycles. The number of halogens is 5. The number of esters is 1. The number of hydrogen-bond acceptors (Lipinski definition) is 4. The van der Waals surface area contributed by atoms with Gasteiger partial charge in [0.1, 0.15) is 0 Å². The van der Waals surface area contributed by atoms with Crippen LogP contribution in [0.1, 0.15) is 27.9 Å². The molecular weight excluding hydrogens is 277 g/mol. The number of alkyl halides is 5. The van der Waals surface area contributed by atoms with E-state index in [2.05, 4.69) is 14.5 Å². The zero-order chi connectivity index (χ0) is 14.8. The molecule has 0 spiro atoms. The lowest BCUT2D eigenvalue weighted by atomic mass is 10.0. The first-order valence-electron chi connectivity index (χ1n) is 4.74. The minimum Gasteiger partial charge on any atom is -0.481 e. The Kier molecular flexibility index (Phi) is 4.28. The van der Waals surface area contributed by atoms with Crippen LogP contribution in [0.3, 0.4) is 0 Å². The maximum Gasteiger partial charge on any atom is 0.417 e. The molecule has 0 atom stereocenters. The minimum absolute atomic E-state index is 0.485. The Morgan fingerprint density at radius 2 is 1.89 bits per heavy atom. The fraction of sp³-hybridized carbons (Fsp3) is 0.400. The summed E-state index contributed by atoms with van der Waals surface area (Å²) in [6, 6.07) is 0. The van der Waals surface area contributed by atoms with Crippen LogP contribution in [0.25, 0.3) is 0 Å². The van der Waals surface area contributed by atoms with Gasteiger partial charge in [0.25, 0.3) is 6.43 Å². The fourth-order valence-electron chi connectivity index (χ4n) is 1.44. The second-order valence-corrected chi connectivity index (χ2v) is 3.26. The first-order valence-corrected chi connectivity index (χ1v) is 4.74. The quantitative estimate of drug-likeness (QED) is 0.633. The van der Waals surface area contributed by atoms with Gasteiger partial charge in [-0.15, -0.1) is 0 Å². The van der Waals surface area contributed by atoms with E-state index in [4.69, 9.17) is 0 Å². The van der Waals surface area contributed by atoms with Crippen molar-refractivity contribution in [2.45, 2.75) is 12.6 Å². The van der Waals surface area contributed by atoms with Crippen LogP contribution in [0.5, 0.6) is 5.88 Å². The van der Waals surface area contributed by atoms with Gasteiger partial charge in [-0.25, -0.2) is 18.6 Å². The smallest absolute Gasteiger partial charge is 0.417 e. The van der Waals surface area contributed by atoms with Crippen molar-refractivity contribution in [3.63, 3.8) is 0 Å². The van der Waals surface area contributed by atoms with E-state index >= 15 is 0 Å². The largest absolute Gasteiger partial charge is 0.481 e. The molecule has 106 valence electrons. The lowest BCUT2D eigenvalue weighted by Gasteiger charge is -2.17. The van der Waals surface area contributed by atoms with E-state index in [0.717, 1.165) is 14.2 Å². The van der Waals surface area contributed by atoms with E-state index in [1.807, 2.05) is 0 Å². The van der Waals surface area contributed by atoms with Crippen LogP contribution < -0.4 is 4.74 Å². The van der Waals surface area contributed by atoms with Crippen molar-refractivity contribution in [2.75, 3.05) is 14.2 Å². The van der Waals surface area contributed by atoms with Crippen molar-refractivity contribution in [2.24, 2.45) is 0 Å². The molecule has 0 aliphatic rings. The summed E-state index contributed by atoms with van der Waals surface area (Å²) in [6.45, 7) is 0. The maximum atomic E-state index is 12.9. The summed E-state index contributed by atoms with van der Waals surface area (Å²) in [5.41, 5.74) is -4.38. The highest BCUT2D eigenvalue weighted by Crippen LogP contribution is 2.42. The van der Waals surface area contributed by atoms with Gasteiger partial charge in [-0.05, 0) is 0 Å². The fourth-order valence-corrected chi connectivity index (χ4v) is 1.44. The number of carbonyl (C=O) groups is 1. The van der Waals surface area contributed by atoms with Gasteiger partial charge in [-0.2, -0.15) is 13.2 Å². The molecule has 4 nitrogen and oxygen atoms in total. The molecule has 19 heavy (non-hydrogen) atoms. The van der Waals surface area contributed by atoms with E-state index in [1.54, 1.807) is 0 Å². The molecule has 1 heterocycles. The Bertz CT molecular complexity index is 487. The molecule has 9 heteroatoms. The molecule has 0 radical (unpaired) electrons. The van der Waals surface area contributed by atoms with E-state index in [9.17, 15) is 26.7 Å². The van der Waals surface area contributed by atoms with Gasteiger partial charge in [0, 0.05) is 6.20 Å². The van der Waals surface area contributed by atoms with Crippen LogP contribution in [0.2, 0.25) is 0 Å². The van der Waals surface area contributed by atoms with Crippen molar-refractivity contribution in [1.82, 2.24) is 4.98 Å². The summed E-state index contributed by atoms with van der Waals surface area (Å²) < 4.78 is 72.6. The van der Waals surface area contributed by atoms with Crippen molar-refractivity contribution in [1.29, 1.82) is 0 Å². The van der Waals surface area contributed by atoms with Gasteiger partial charge in [0.2, 0.25) is 5.88 Å². The summed E-state index contributed by atoms with van der Waals surface area (Å²) in [5, 5.41) is 0. The SMILES string of the molecule is COC(=O)c1cnc(OC)c(C(F)F)c1C(F)(F)F. The molecule has 1 aromatic rings. The Morgan fingerprint density at radius 3 is 2.26 bits per heavy atom. The summed E-state index contributed by atoms with van der Waals surface area (Å²) in [7, 11) is 1.72. The van der Waals surface area contributed by atoms with Gasteiger partial charge in [-0.3, -0.25) is 0 Å². The molecule has 0 N–H and O–H groups in total. The van der Waals surface area contributed by atoms with E-state index in [1.165, 1.54) is 0 Å². The molecule has 0 aliphatic carbocycles. The number of methoxy groups -OCH3 is 2. The van der Waals surface area contributed by atoms with Crippen LogP contribution in [-0.4, -0.2) is 25.2 Å². The second kappa shape index (κ2) is 5.37. The Hall–Kier alpha value is -1.93. The first kappa shape index (κ1) is 15.1. The van der Waals surface area contributed by atoms with Crippen molar-refractivity contribution in [3.8, 4) is 5.88 Å². The third kappa shape index (κ3) is 2.91.